The van der Waals surface area contributed by atoms with E-state index in [1.807, 2.05) is 12.1 Å². The number of aromatic nitrogens is 1. The molecule has 1 aromatic heterocycles. The summed E-state index contributed by atoms with van der Waals surface area (Å²) in [6.45, 7) is 0.780. The van der Waals surface area contributed by atoms with Crippen LogP contribution in [0.15, 0.2) is 24.5 Å². The Labute approximate surface area is 99.1 Å². The third-order valence-corrected chi connectivity index (χ3v) is 2.06. The van der Waals surface area contributed by atoms with Crippen LogP contribution in [0.5, 0.6) is 0 Å². The number of pyridine rings is 1. The molecule has 6 heteroatoms. The quantitative estimate of drug-likeness (QED) is 0.636. The van der Waals surface area contributed by atoms with E-state index in [0.717, 1.165) is 5.56 Å². The van der Waals surface area contributed by atoms with Crippen LogP contribution >= 0.6 is 0 Å². The summed E-state index contributed by atoms with van der Waals surface area (Å²) in [5, 5.41) is 13.6. The zero-order valence-corrected chi connectivity index (χ0v) is 9.35. The molecule has 92 valence electrons. The summed E-state index contributed by atoms with van der Waals surface area (Å²) in [5.41, 5.74) is 0.959. The normalized spacial score (nSPS) is 9.65. The minimum Gasteiger partial charge on any atom is -0.481 e. The van der Waals surface area contributed by atoms with Crippen LogP contribution in [0, 0.1) is 0 Å². The van der Waals surface area contributed by atoms with E-state index in [1.165, 1.54) is 0 Å². The molecule has 0 atom stereocenters. The molecule has 0 fully saturated rings. The highest BCUT2D eigenvalue weighted by atomic mass is 16.4. The van der Waals surface area contributed by atoms with Crippen molar-refractivity contribution in [3.63, 3.8) is 0 Å². The average Bonchev–Trinajstić information content (AvgIpc) is 2.33. The van der Waals surface area contributed by atoms with E-state index in [2.05, 4.69) is 15.6 Å². The molecule has 0 aliphatic heterocycles. The van der Waals surface area contributed by atoms with Gasteiger partial charge in [-0.05, 0) is 24.1 Å². The van der Waals surface area contributed by atoms with Crippen molar-refractivity contribution in [2.24, 2.45) is 0 Å². The van der Waals surface area contributed by atoms with Crippen LogP contribution in [0.1, 0.15) is 18.4 Å². The van der Waals surface area contributed by atoms with Crippen LogP contribution in [-0.4, -0.2) is 28.6 Å². The van der Waals surface area contributed by atoms with Crippen LogP contribution in [-0.2, 0) is 11.3 Å². The number of rotatable bonds is 6. The molecule has 3 N–H and O–H groups in total. The number of urea groups is 1. The SMILES string of the molecule is O=C(O)CCCNC(=O)NCc1ccncc1. The summed E-state index contributed by atoms with van der Waals surface area (Å²) in [7, 11) is 0. The van der Waals surface area contributed by atoms with Gasteiger partial charge in [-0.1, -0.05) is 0 Å². The van der Waals surface area contributed by atoms with Crippen molar-refractivity contribution in [3.05, 3.63) is 30.1 Å². The van der Waals surface area contributed by atoms with Crippen LogP contribution in [0.2, 0.25) is 0 Å². The van der Waals surface area contributed by atoms with Gasteiger partial charge in [-0.2, -0.15) is 0 Å². The maximum Gasteiger partial charge on any atom is 0.315 e. The Morgan fingerprint density at radius 1 is 1.24 bits per heavy atom. The van der Waals surface area contributed by atoms with Gasteiger partial charge in [0.15, 0.2) is 0 Å². The largest absolute Gasteiger partial charge is 0.481 e. The zero-order chi connectivity index (χ0) is 12.5. The standard InChI is InChI=1S/C11H15N3O3/c15-10(16)2-1-5-13-11(17)14-8-9-3-6-12-7-4-9/h3-4,6-7H,1-2,5,8H2,(H,15,16)(H2,13,14,17). The van der Waals surface area contributed by atoms with E-state index in [0.29, 0.717) is 19.5 Å². The number of carboxylic acids is 1. The lowest BCUT2D eigenvalue weighted by molar-refractivity contribution is -0.137. The summed E-state index contributed by atoms with van der Waals surface area (Å²) in [6, 6.07) is 3.32. The predicted molar refractivity (Wildman–Crippen MR) is 61.3 cm³/mol. The van der Waals surface area contributed by atoms with E-state index in [-0.39, 0.29) is 12.5 Å². The van der Waals surface area contributed by atoms with Gasteiger partial charge in [0.1, 0.15) is 0 Å². The first-order valence-electron chi connectivity index (χ1n) is 5.31. The molecule has 1 rings (SSSR count). The summed E-state index contributed by atoms with van der Waals surface area (Å²) < 4.78 is 0. The first kappa shape index (κ1) is 13.0. The van der Waals surface area contributed by atoms with E-state index < -0.39 is 5.97 Å². The van der Waals surface area contributed by atoms with E-state index >= 15 is 0 Å². The number of amides is 2. The number of nitrogens with one attached hydrogen (secondary N) is 2. The summed E-state index contributed by atoms with van der Waals surface area (Å²) in [6.07, 6.45) is 3.80. The molecular formula is C11H15N3O3. The Kier molecular flexibility index (Phi) is 5.50. The second-order valence-electron chi connectivity index (χ2n) is 3.46. The zero-order valence-electron chi connectivity index (χ0n) is 9.35. The molecule has 0 saturated heterocycles. The van der Waals surface area contributed by atoms with Crippen LogP contribution in [0.4, 0.5) is 4.79 Å². The molecule has 0 radical (unpaired) electrons. The summed E-state index contributed by atoms with van der Waals surface area (Å²) in [4.78, 5) is 25.4. The fourth-order valence-corrected chi connectivity index (χ4v) is 1.19. The fourth-order valence-electron chi connectivity index (χ4n) is 1.19. The third-order valence-electron chi connectivity index (χ3n) is 2.06. The Morgan fingerprint density at radius 2 is 1.94 bits per heavy atom. The number of aliphatic carboxylic acids is 1. The minimum absolute atomic E-state index is 0.0602. The Bertz CT molecular complexity index is 367. The van der Waals surface area contributed by atoms with Gasteiger partial charge >= 0.3 is 12.0 Å². The average molecular weight is 237 g/mol. The van der Waals surface area contributed by atoms with Gasteiger partial charge in [0.25, 0.3) is 0 Å². The lowest BCUT2D eigenvalue weighted by atomic mass is 10.3. The minimum atomic E-state index is -0.857. The van der Waals surface area contributed by atoms with Gasteiger partial charge in [0.2, 0.25) is 0 Å². The third kappa shape index (κ3) is 6.14. The molecule has 0 aromatic carbocycles. The number of hydrogen-bond donors (Lipinski definition) is 3. The van der Waals surface area contributed by atoms with Crippen molar-refractivity contribution < 1.29 is 14.7 Å². The van der Waals surface area contributed by atoms with Crippen molar-refractivity contribution in [2.75, 3.05) is 6.54 Å². The van der Waals surface area contributed by atoms with Gasteiger partial charge < -0.3 is 15.7 Å². The highest BCUT2D eigenvalue weighted by Gasteiger charge is 2.01. The molecule has 0 spiro atoms. The van der Waals surface area contributed by atoms with Crippen molar-refractivity contribution in [3.8, 4) is 0 Å². The maximum atomic E-state index is 11.3. The highest BCUT2D eigenvalue weighted by molar-refractivity contribution is 5.73. The lowest BCUT2D eigenvalue weighted by Gasteiger charge is -2.06. The predicted octanol–water partition coefficient (Wildman–Crippen LogP) is 0.746. The molecule has 1 aromatic rings. The number of hydrogen-bond acceptors (Lipinski definition) is 3. The van der Waals surface area contributed by atoms with Crippen LogP contribution < -0.4 is 10.6 Å². The topological polar surface area (TPSA) is 91.3 Å². The van der Waals surface area contributed by atoms with Gasteiger partial charge in [-0.3, -0.25) is 9.78 Å². The Morgan fingerprint density at radius 3 is 2.59 bits per heavy atom. The molecule has 0 bridgehead atoms. The first-order chi connectivity index (χ1) is 8.18. The maximum absolute atomic E-state index is 11.3. The Hall–Kier alpha value is -2.11. The number of carbonyl (C=O) groups excluding carboxylic acids is 1. The van der Waals surface area contributed by atoms with Gasteiger partial charge in [-0.25, -0.2) is 4.79 Å². The van der Waals surface area contributed by atoms with Crippen molar-refractivity contribution in [1.82, 2.24) is 15.6 Å². The smallest absolute Gasteiger partial charge is 0.315 e. The molecule has 0 aliphatic carbocycles. The monoisotopic (exact) mass is 237 g/mol. The molecule has 1 heterocycles. The fraction of sp³-hybridized carbons (Fsp3) is 0.364. The lowest BCUT2D eigenvalue weighted by Crippen LogP contribution is -2.35. The number of carboxylic acid groups (broad SMARTS) is 1. The summed E-state index contributed by atoms with van der Waals surface area (Å²) in [5.74, 6) is -0.857. The molecular weight excluding hydrogens is 222 g/mol. The second kappa shape index (κ2) is 7.21. The molecule has 17 heavy (non-hydrogen) atoms. The molecule has 2 amide bonds. The van der Waals surface area contributed by atoms with Gasteiger partial charge in [0, 0.05) is 31.9 Å². The van der Waals surface area contributed by atoms with Crippen molar-refractivity contribution >= 4 is 12.0 Å². The van der Waals surface area contributed by atoms with Crippen LogP contribution in [0.3, 0.4) is 0 Å². The molecule has 6 nitrogen and oxygen atoms in total. The first-order valence-corrected chi connectivity index (χ1v) is 5.31. The second-order valence-corrected chi connectivity index (χ2v) is 3.46. The van der Waals surface area contributed by atoms with E-state index in [1.54, 1.807) is 12.4 Å². The van der Waals surface area contributed by atoms with Crippen molar-refractivity contribution in [1.29, 1.82) is 0 Å². The molecule has 0 saturated carbocycles. The van der Waals surface area contributed by atoms with E-state index in [4.69, 9.17) is 5.11 Å². The van der Waals surface area contributed by atoms with Gasteiger partial charge in [-0.15, -0.1) is 0 Å². The Balaban J connectivity index is 2.11. The summed E-state index contributed by atoms with van der Waals surface area (Å²) >= 11 is 0. The molecule has 0 aliphatic rings. The number of carbonyl (C=O) groups is 2. The van der Waals surface area contributed by atoms with Gasteiger partial charge in [0.05, 0.1) is 0 Å². The highest BCUT2D eigenvalue weighted by Crippen LogP contribution is 1.94. The van der Waals surface area contributed by atoms with Crippen molar-refractivity contribution in [2.45, 2.75) is 19.4 Å². The number of nitrogens with zero attached hydrogens (tertiary/aromatic N) is 1. The molecule has 0 unspecified atom stereocenters. The van der Waals surface area contributed by atoms with Crippen LogP contribution in [0.25, 0.3) is 0 Å². The van der Waals surface area contributed by atoms with E-state index in [9.17, 15) is 9.59 Å².